The third-order valence-corrected chi connectivity index (χ3v) is 3.35. The minimum Gasteiger partial charge on any atom is -0.347 e. The van der Waals surface area contributed by atoms with Crippen LogP contribution in [0, 0.1) is 0 Å². The van der Waals surface area contributed by atoms with Crippen molar-refractivity contribution in [2.24, 2.45) is 0 Å². The van der Waals surface area contributed by atoms with E-state index in [1.165, 1.54) is 0 Å². The van der Waals surface area contributed by atoms with Crippen molar-refractivity contribution in [1.29, 1.82) is 0 Å². The van der Waals surface area contributed by atoms with Crippen LogP contribution in [0.5, 0.6) is 0 Å². The SMILES string of the molecule is CCCN(CCC)CCCC(=O)NCC(=O)Nc1cccnc1. The summed E-state index contributed by atoms with van der Waals surface area (Å²) in [6.45, 7) is 7.39. The lowest BCUT2D eigenvalue weighted by Crippen LogP contribution is -2.33. The van der Waals surface area contributed by atoms with Crippen molar-refractivity contribution in [3.8, 4) is 0 Å². The average Bonchev–Trinajstić information content (AvgIpc) is 2.54. The number of pyridine rings is 1. The second kappa shape index (κ2) is 11.6. The van der Waals surface area contributed by atoms with Gasteiger partial charge in [-0.2, -0.15) is 0 Å². The molecule has 0 unspecified atom stereocenters. The lowest BCUT2D eigenvalue weighted by Gasteiger charge is -2.20. The first-order valence-corrected chi connectivity index (χ1v) is 8.34. The van der Waals surface area contributed by atoms with Gasteiger partial charge in [-0.25, -0.2) is 0 Å². The first-order valence-electron chi connectivity index (χ1n) is 8.34. The smallest absolute Gasteiger partial charge is 0.243 e. The molecule has 0 aromatic carbocycles. The number of carbonyl (C=O) groups excluding carboxylic acids is 2. The third kappa shape index (κ3) is 8.93. The zero-order valence-corrected chi connectivity index (χ0v) is 14.2. The largest absolute Gasteiger partial charge is 0.347 e. The van der Waals surface area contributed by atoms with Crippen LogP contribution in [0.2, 0.25) is 0 Å². The van der Waals surface area contributed by atoms with Gasteiger partial charge in [-0.1, -0.05) is 13.8 Å². The van der Waals surface area contributed by atoms with E-state index in [0.29, 0.717) is 12.1 Å². The molecular weight excluding hydrogens is 292 g/mol. The Kier molecular flexibility index (Phi) is 9.63. The molecule has 0 fully saturated rings. The molecule has 2 N–H and O–H groups in total. The lowest BCUT2D eigenvalue weighted by atomic mass is 10.2. The van der Waals surface area contributed by atoms with E-state index < -0.39 is 0 Å². The Balaban J connectivity index is 2.17. The van der Waals surface area contributed by atoms with Crippen molar-refractivity contribution in [2.45, 2.75) is 39.5 Å². The summed E-state index contributed by atoms with van der Waals surface area (Å²) in [7, 11) is 0. The van der Waals surface area contributed by atoms with Crippen LogP contribution in [0.1, 0.15) is 39.5 Å². The summed E-state index contributed by atoms with van der Waals surface area (Å²) in [6, 6.07) is 3.50. The minimum atomic E-state index is -0.245. The normalized spacial score (nSPS) is 10.6. The van der Waals surface area contributed by atoms with E-state index in [2.05, 4.69) is 34.4 Å². The van der Waals surface area contributed by atoms with Crippen LogP contribution in [0.3, 0.4) is 0 Å². The van der Waals surface area contributed by atoms with Gasteiger partial charge >= 0.3 is 0 Å². The molecule has 1 rings (SSSR count). The summed E-state index contributed by atoms with van der Waals surface area (Å²) in [5.41, 5.74) is 0.626. The highest BCUT2D eigenvalue weighted by molar-refractivity contribution is 5.94. The van der Waals surface area contributed by atoms with Gasteiger partial charge in [0.1, 0.15) is 0 Å². The fraction of sp³-hybridized carbons (Fsp3) is 0.588. The Morgan fingerprint density at radius 2 is 1.87 bits per heavy atom. The first-order chi connectivity index (χ1) is 11.2. The highest BCUT2D eigenvalue weighted by atomic mass is 16.2. The predicted octanol–water partition coefficient (Wildman–Crippen LogP) is 2.04. The van der Waals surface area contributed by atoms with Crippen LogP contribution in [0.15, 0.2) is 24.5 Å². The zero-order chi connectivity index (χ0) is 16.9. The fourth-order valence-electron chi connectivity index (χ4n) is 2.34. The van der Waals surface area contributed by atoms with Gasteiger partial charge in [-0.3, -0.25) is 14.6 Å². The molecule has 0 radical (unpaired) electrons. The maximum absolute atomic E-state index is 11.8. The summed E-state index contributed by atoms with van der Waals surface area (Å²) in [6.07, 6.45) is 6.72. The van der Waals surface area contributed by atoms with Crippen LogP contribution in [0.4, 0.5) is 5.69 Å². The van der Waals surface area contributed by atoms with Gasteiger partial charge in [-0.15, -0.1) is 0 Å². The number of hydrogen-bond donors (Lipinski definition) is 2. The Bertz CT molecular complexity index is 459. The van der Waals surface area contributed by atoms with E-state index in [0.717, 1.165) is 38.9 Å². The topological polar surface area (TPSA) is 74.3 Å². The molecule has 0 bridgehead atoms. The number of nitrogens with one attached hydrogen (secondary N) is 2. The molecule has 1 aromatic heterocycles. The lowest BCUT2D eigenvalue weighted by molar-refractivity contribution is -0.124. The predicted molar refractivity (Wildman–Crippen MR) is 92.1 cm³/mol. The second-order valence-corrected chi connectivity index (χ2v) is 5.51. The molecule has 0 atom stereocenters. The molecule has 6 nitrogen and oxygen atoms in total. The van der Waals surface area contributed by atoms with Crippen molar-refractivity contribution in [1.82, 2.24) is 15.2 Å². The van der Waals surface area contributed by atoms with Gasteiger partial charge in [-0.05, 0) is 51.0 Å². The van der Waals surface area contributed by atoms with E-state index >= 15 is 0 Å². The quantitative estimate of drug-likeness (QED) is 0.654. The van der Waals surface area contributed by atoms with E-state index in [9.17, 15) is 9.59 Å². The van der Waals surface area contributed by atoms with Crippen LogP contribution in [-0.4, -0.2) is 47.9 Å². The van der Waals surface area contributed by atoms with Crippen molar-refractivity contribution in [3.63, 3.8) is 0 Å². The van der Waals surface area contributed by atoms with Crippen molar-refractivity contribution in [3.05, 3.63) is 24.5 Å². The molecule has 128 valence electrons. The van der Waals surface area contributed by atoms with Crippen molar-refractivity contribution >= 4 is 17.5 Å². The molecule has 1 heterocycles. The molecule has 1 aromatic rings. The molecule has 0 spiro atoms. The molecule has 0 aliphatic carbocycles. The number of rotatable bonds is 11. The van der Waals surface area contributed by atoms with Gasteiger partial charge in [0, 0.05) is 12.6 Å². The molecule has 0 saturated carbocycles. The number of hydrogen-bond acceptors (Lipinski definition) is 4. The highest BCUT2D eigenvalue weighted by Crippen LogP contribution is 2.02. The molecule has 0 aliphatic rings. The summed E-state index contributed by atoms with van der Waals surface area (Å²) >= 11 is 0. The molecule has 23 heavy (non-hydrogen) atoms. The summed E-state index contributed by atoms with van der Waals surface area (Å²) in [5, 5.41) is 5.33. The molecule has 6 heteroatoms. The standard InChI is InChI=1S/C17H28N4O2/c1-3-10-21(11-4-2)12-6-8-16(22)19-14-17(23)20-15-7-5-9-18-13-15/h5,7,9,13H,3-4,6,8,10-12,14H2,1-2H3,(H,19,22)(H,20,23). The number of amides is 2. The van der Waals surface area contributed by atoms with Gasteiger partial charge < -0.3 is 15.5 Å². The number of carbonyl (C=O) groups is 2. The van der Waals surface area contributed by atoms with Crippen LogP contribution in [0.25, 0.3) is 0 Å². The summed E-state index contributed by atoms with van der Waals surface area (Å²) in [4.78, 5) is 29.8. The van der Waals surface area contributed by atoms with Gasteiger partial charge in [0.15, 0.2) is 0 Å². The number of nitrogens with zero attached hydrogens (tertiary/aromatic N) is 2. The Labute approximate surface area is 138 Å². The molecule has 0 saturated heterocycles. The Morgan fingerprint density at radius 1 is 1.13 bits per heavy atom. The van der Waals surface area contributed by atoms with Crippen LogP contribution >= 0.6 is 0 Å². The zero-order valence-electron chi connectivity index (χ0n) is 14.2. The van der Waals surface area contributed by atoms with Crippen molar-refractivity contribution < 1.29 is 9.59 Å². The monoisotopic (exact) mass is 320 g/mol. The highest BCUT2D eigenvalue weighted by Gasteiger charge is 2.07. The molecule has 0 aliphatic heterocycles. The average molecular weight is 320 g/mol. The Morgan fingerprint density at radius 3 is 2.48 bits per heavy atom. The van der Waals surface area contributed by atoms with Crippen LogP contribution < -0.4 is 10.6 Å². The maximum atomic E-state index is 11.8. The van der Waals surface area contributed by atoms with E-state index in [1.54, 1.807) is 24.5 Å². The van der Waals surface area contributed by atoms with Gasteiger partial charge in [0.25, 0.3) is 0 Å². The maximum Gasteiger partial charge on any atom is 0.243 e. The fourth-order valence-corrected chi connectivity index (χ4v) is 2.34. The van der Waals surface area contributed by atoms with Gasteiger partial charge in [0.05, 0.1) is 18.4 Å². The second-order valence-electron chi connectivity index (χ2n) is 5.51. The number of aromatic nitrogens is 1. The summed E-state index contributed by atoms with van der Waals surface area (Å²) < 4.78 is 0. The first kappa shape index (κ1) is 19.1. The molecule has 2 amide bonds. The summed E-state index contributed by atoms with van der Waals surface area (Å²) in [5.74, 6) is -0.329. The Hall–Kier alpha value is -1.95. The van der Waals surface area contributed by atoms with Crippen molar-refractivity contribution in [2.75, 3.05) is 31.5 Å². The third-order valence-electron chi connectivity index (χ3n) is 3.35. The van der Waals surface area contributed by atoms with Crippen LogP contribution in [-0.2, 0) is 9.59 Å². The van der Waals surface area contributed by atoms with E-state index in [4.69, 9.17) is 0 Å². The minimum absolute atomic E-state index is 0.0125. The van der Waals surface area contributed by atoms with E-state index in [-0.39, 0.29) is 18.4 Å². The number of anilines is 1. The van der Waals surface area contributed by atoms with Gasteiger partial charge in [0.2, 0.25) is 11.8 Å². The molecular formula is C17H28N4O2. The van der Waals surface area contributed by atoms with E-state index in [1.807, 2.05) is 0 Å².